The van der Waals surface area contributed by atoms with E-state index >= 15 is 0 Å². The third-order valence-corrected chi connectivity index (χ3v) is 2.16. The van der Waals surface area contributed by atoms with E-state index in [0.717, 1.165) is 7.11 Å². The van der Waals surface area contributed by atoms with Crippen LogP contribution in [0.15, 0.2) is 0 Å². The van der Waals surface area contributed by atoms with Gasteiger partial charge in [-0.25, -0.2) is 0 Å². The highest BCUT2D eigenvalue weighted by Gasteiger charge is 2.78. The molecule has 0 aliphatic heterocycles. The number of carbonyl (C=O) groups is 1. The van der Waals surface area contributed by atoms with Crippen LogP contribution in [0, 0.1) is 5.92 Å². The van der Waals surface area contributed by atoms with E-state index in [2.05, 4.69) is 4.74 Å². The molecule has 0 aromatic rings. The number of nitrogens with two attached hydrogens (primary N) is 1. The van der Waals surface area contributed by atoms with Crippen LogP contribution in [0.4, 0.5) is 13.2 Å². The molecule has 1 aliphatic rings. The lowest BCUT2D eigenvalue weighted by Crippen LogP contribution is -2.40. The zero-order valence-electron chi connectivity index (χ0n) is 6.63. The standard InChI is InChI=1S/C6H8F3NO3/c1-13-3-2(6(7,8)9)5(3,10)4(11)12/h2-3H,10H2,1H3,(H,11,12)/t2-,3-,5+/m1/s1. The number of rotatable bonds is 2. The normalized spacial score (nSPS) is 38.8. The number of hydrogen-bond donors (Lipinski definition) is 2. The maximum Gasteiger partial charge on any atom is 0.396 e. The van der Waals surface area contributed by atoms with E-state index in [1.54, 1.807) is 0 Å². The van der Waals surface area contributed by atoms with Crippen molar-refractivity contribution >= 4 is 5.97 Å². The largest absolute Gasteiger partial charge is 0.480 e. The number of halogens is 3. The fraction of sp³-hybridized carbons (Fsp3) is 0.833. The van der Waals surface area contributed by atoms with Crippen LogP contribution in [-0.4, -0.2) is 36.0 Å². The van der Waals surface area contributed by atoms with Gasteiger partial charge in [-0.05, 0) is 0 Å². The molecular weight excluding hydrogens is 191 g/mol. The lowest BCUT2D eigenvalue weighted by molar-refractivity contribution is -0.164. The van der Waals surface area contributed by atoms with Crippen molar-refractivity contribution < 1.29 is 27.8 Å². The SMILES string of the molecule is CO[C@@H]1[C@@H](C(F)(F)F)[C@@]1(N)C(=O)O. The van der Waals surface area contributed by atoms with Crippen molar-refractivity contribution in [2.75, 3.05) is 7.11 Å². The van der Waals surface area contributed by atoms with Gasteiger partial charge in [0.05, 0.1) is 0 Å². The molecule has 1 aliphatic carbocycles. The van der Waals surface area contributed by atoms with Gasteiger partial charge in [0.25, 0.3) is 0 Å². The van der Waals surface area contributed by atoms with Crippen LogP contribution in [0.2, 0.25) is 0 Å². The first-order valence-corrected chi connectivity index (χ1v) is 3.38. The van der Waals surface area contributed by atoms with Gasteiger partial charge in [-0.1, -0.05) is 0 Å². The molecule has 0 radical (unpaired) electrons. The Bertz CT molecular complexity index is 242. The van der Waals surface area contributed by atoms with Gasteiger partial charge in [0, 0.05) is 7.11 Å². The molecule has 0 unspecified atom stereocenters. The van der Waals surface area contributed by atoms with Crippen LogP contribution in [0.1, 0.15) is 0 Å². The fourth-order valence-electron chi connectivity index (χ4n) is 1.40. The number of carboxylic acids is 1. The van der Waals surface area contributed by atoms with Crippen LogP contribution in [0.3, 0.4) is 0 Å². The monoisotopic (exact) mass is 199 g/mol. The van der Waals surface area contributed by atoms with Crippen LogP contribution in [0.5, 0.6) is 0 Å². The summed E-state index contributed by atoms with van der Waals surface area (Å²) < 4.78 is 40.7. The van der Waals surface area contributed by atoms with Crippen molar-refractivity contribution in [3.8, 4) is 0 Å². The second-order valence-electron chi connectivity index (χ2n) is 2.91. The van der Waals surface area contributed by atoms with Gasteiger partial charge in [0.2, 0.25) is 0 Å². The molecule has 1 saturated carbocycles. The molecule has 3 N–H and O–H groups in total. The van der Waals surface area contributed by atoms with Gasteiger partial charge in [-0.15, -0.1) is 0 Å². The van der Waals surface area contributed by atoms with Crippen LogP contribution in [0.25, 0.3) is 0 Å². The van der Waals surface area contributed by atoms with Crippen molar-refractivity contribution in [3.63, 3.8) is 0 Å². The Hall–Kier alpha value is -0.820. The maximum absolute atomic E-state index is 12.1. The molecule has 1 fully saturated rings. The predicted octanol–water partition coefficient (Wildman–Crippen LogP) is -0.0244. The quantitative estimate of drug-likeness (QED) is 0.655. The van der Waals surface area contributed by atoms with E-state index < -0.39 is 29.7 Å². The molecule has 0 heterocycles. The van der Waals surface area contributed by atoms with E-state index in [1.165, 1.54) is 0 Å². The Morgan fingerprint density at radius 2 is 2.08 bits per heavy atom. The number of carboxylic acid groups (broad SMARTS) is 1. The van der Waals surface area contributed by atoms with Crippen LogP contribution in [-0.2, 0) is 9.53 Å². The Labute approximate surface area is 71.5 Å². The van der Waals surface area contributed by atoms with Gasteiger partial charge in [0.1, 0.15) is 12.0 Å². The van der Waals surface area contributed by atoms with Gasteiger partial charge < -0.3 is 15.6 Å². The summed E-state index contributed by atoms with van der Waals surface area (Å²) >= 11 is 0. The minimum absolute atomic E-state index is 1.00. The smallest absolute Gasteiger partial charge is 0.396 e. The Morgan fingerprint density at radius 1 is 1.62 bits per heavy atom. The second kappa shape index (κ2) is 2.58. The van der Waals surface area contributed by atoms with E-state index in [1.807, 2.05) is 0 Å². The van der Waals surface area contributed by atoms with Gasteiger partial charge in [0.15, 0.2) is 5.54 Å². The summed E-state index contributed by atoms with van der Waals surface area (Å²) in [5.74, 6) is -3.80. The molecule has 0 bridgehead atoms. The lowest BCUT2D eigenvalue weighted by atomic mass is 10.2. The van der Waals surface area contributed by atoms with E-state index in [4.69, 9.17) is 10.8 Å². The fourth-order valence-corrected chi connectivity index (χ4v) is 1.40. The molecule has 0 saturated heterocycles. The van der Waals surface area contributed by atoms with E-state index in [9.17, 15) is 18.0 Å². The zero-order valence-corrected chi connectivity index (χ0v) is 6.63. The minimum atomic E-state index is -4.63. The molecule has 1 rings (SSSR count). The highest BCUT2D eigenvalue weighted by Crippen LogP contribution is 2.53. The van der Waals surface area contributed by atoms with Crippen LogP contribution < -0.4 is 5.73 Å². The first kappa shape index (κ1) is 10.3. The van der Waals surface area contributed by atoms with Crippen molar-refractivity contribution in [1.29, 1.82) is 0 Å². The van der Waals surface area contributed by atoms with E-state index in [0.29, 0.717) is 0 Å². The number of methoxy groups -OCH3 is 1. The summed E-state index contributed by atoms with van der Waals surface area (Å²) in [6.07, 6.45) is -6.11. The van der Waals surface area contributed by atoms with Crippen molar-refractivity contribution in [1.82, 2.24) is 0 Å². The predicted molar refractivity (Wildman–Crippen MR) is 34.9 cm³/mol. The van der Waals surface area contributed by atoms with Crippen LogP contribution >= 0.6 is 0 Å². The first-order chi connectivity index (χ1) is 5.76. The Morgan fingerprint density at radius 3 is 2.15 bits per heavy atom. The van der Waals surface area contributed by atoms with Crippen molar-refractivity contribution in [2.24, 2.45) is 11.7 Å². The molecule has 0 spiro atoms. The van der Waals surface area contributed by atoms with Gasteiger partial charge in [-0.2, -0.15) is 13.2 Å². The molecule has 4 nitrogen and oxygen atoms in total. The number of alkyl halides is 3. The summed E-state index contributed by atoms with van der Waals surface area (Å²) in [5.41, 5.74) is 2.72. The lowest BCUT2D eigenvalue weighted by Gasteiger charge is -2.06. The second-order valence-corrected chi connectivity index (χ2v) is 2.91. The summed E-state index contributed by atoms with van der Waals surface area (Å²) in [4.78, 5) is 10.4. The molecule has 0 amide bonds. The third-order valence-electron chi connectivity index (χ3n) is 2.16. The summed E-state index contributed by atoms with van der Waals surface area (Å²) in [7, 11) is 1.00. The number of hydrogen-bond acceptors (Lipinski definition) is 3. The summed E-state index contributed by atoms with van der Waals surface area (Å²) in [5, 5.41) is 8.44. The average Bonchev–Trinajstić information content (AvgIpc) is 2.56. The number of ether oxygens (including phenoxy) is 1. The zero-order chi connectivity index (χ0) is 10.4. The molecule has 0 aromatic heterocycles. The summed E-state index contributed by atoms with van der Waals surface area (Å²) in [6.45, 7) is 0. The van der Waals surface area contributed by atoms with E-state index in [-0.39, 0.29) is 0 Å². The third kappa shape index (κ3) is 1.28. The van der Waals surface area contributed by atoms with Gasteiger partial charge >= 0.3 is 12.1 Å². The molecule has 3 atom stereocenters. The first-order valence-electron chi connectivity index (χ1n) is 3.38. The Kier molecular flexibility index (Phi) is 2.04. The molecule has 0 aromatic carbocycles. The molecular formula is C6H8F3NO3. The maximum atomic E-state index is 12.1. The number of aliphatic carboxylic acids is 1. The highest BCUT2D eigenvalue weighted by molar-refractivity contribution is 5.85. The average molecular weight is 199 g/mol. The topological polar surface area (TPSA) is 72.5 Å². The molecule has 76 valence electrons. The van der Waals surface area contributed by atoms with Gasteiger partial charge in [-0.3, -0.25) is 4.79 Å². The highest BCUT2D eigenvalue weighted by atomic mass is 19.4. The molecule has 7 heteroatoms. The Balaban J connectivity index is 2.87. The van der Waals surface area contributed by atoms with Crippen molar-refractivity contribution in [3.05, 3.63) is 0 Å². The molecule has 13 heavy (non-hydrogen) atoms. The minimum Gasteiger partial charge on any atom is -0.480 e. The summed E-state index contributed by atoms with van der Waals surface area (Å²) in [6, 6.07) is 0. The van der Waals surface area contributed by atoms with Crippen molar-refractivity contribution in [2.45, 2.75) is 17.8 Å².